The molecule has 2 amide bonds. The van der Waals surface area contributed by atoms with Gasteiger partial charge in [0.05, 0.1) is 11.7 Å². The third-order valence-corrected chi connectivity index (χ3v) is 6.62. The predicted octanol–water partition coefficient (Wildman–Crippen LogP) is 3.05. The van der Waals surface area contributed by atoms with Crippen molar-refractivity contribution in [2.24, 2.45) is 7.05 Å². The van der Waals surface area contributed by atoms with Crippen LogP contribution in [0.4, 0.5) is 10.5 Å². The van der Waals surface area contributed by atoms with Gasteiger partial charge in [-0.1, -0.05) is 0 Å². The summed E-state index contributed by atoms with van der Waals surface area (Å²) in [6.45, 7) is 2.20. The zero-order valence-electron chi connectivity index (χ0n) is 15.3. The van der Waals surface area contributed by atoms with E-state index in [1.54, 1.807) is 0 Å². The van der Waals surface area contributed by atoms with E-state index in [-0.39, 0.29) is 12.1 Å². The molecule has 0 spiro atoms. The van der Waals surface area contributed by atoms with Crippen LogP contribution in [0.3, 0.4) is 0 Å². The fourth-order valence-corrected chi connectivity index (χ4v) is 5.13. The number of likely N-dealkylation sites (tertiary alicyclic amines) is 1. The highest BCUT2D eigenvalue weighted by Crippen LogP contribution is 2.24. The maximum atomic E-state index is 12.3. The number of hydrogen-bond acceptors (Lipinski definition) is 4. The van der Waals surface area contributed by atoms with Gasteiger partial charge in [-0.25, -0.2) is 4.79 Å². The Morgan fingerprint density at radius 1 is 1.19 bits per heavy atom. The lowest BCUT2D eigenvalue weighted by Gasteiger charge is -2.39. The second kappa shape index (κ2) is 7.88. The van der Waals surface area contributed by atoms with E-state index in [2.05, 4.69) is 32.4 Å². The Hall–Kier alpha value is -1.73. The summed E-state index contributed by atoms with van der Waals surface area (Å²) >= 11 is 2.08. The number of thioether (sulfide) groups is 1. The van der Waals surface area contributed by atoms with Gasteiger partial charge in [0, 0.05) is 43.3 Å². The first-order valence-electron chi connectivity index (χ1n) is 9.50. The number of nitrogens with one attached hydrogen (secondary N) is 2. The van der Waals surface area contributed by atoms with E-state index in [1.165, 1.54) is 24.3 Å². The molecule has 4 rings (SSSR count). The van der Waals surface area contributed by atoms with Crippen molar-refractivity contribution in [2.75, 3.05) is 29.9 Å². The second-order valence-electron chi connectivity index (χ2n) is 7.29. The minimum atomic E-state index is -0.110. The van der Waals surface area contributed by atoms with Gasteiger partial charge in [-0.05, 0) is 55.4 Å². The van der Waals surface area contributed by atoms with Crippen LogP contribution in [0.15, 0.2) is 24.4 Å². The minimum absolute atomic E-state index is 0.110. The molecule has 0 aliphatic carbocycles. The topological polar surface area (TPSA) is 62.2 Å². The first-order valence-corrected chi connectivity index (χ1v) is 10.7. The average molecular weight is 374 g/mol. The van der Waals surface area contributed by atoms with E-state index in [4.69, 9.17) is 0 Å². The number of fused-ring (bicyclic) bond motifs is 1. The average Bonchev–Trinajstić information content (AvgIpc) is 3.03. The van der Waals surface area contributed by atoms with Crippen LogP contribution in [0.25, 0.3) is 10.9 Å². The number of rotatable bonds is 3. The highest BCUT2D eigenvalue weighted by atomic mass is 32.2. The smallest absolute Gasteiger partial charge is 0.319 e. The normalized spacial score (nSPS) is 20.3. The minimum Gasteiger partial charge on any atom is -0.335 e. The number of urea groups is 1. The Morgan fingerprint density at radius 2 is 1.96 bits per heavy atom. The summed E-state index contributed by atoms with van der Waals surface area (Å²) in [5.41, 5.74) is 1.87. The third kappa shape index (κ3) is 3.99. The van der Waals surface area contributed by atoms with Crippen molar-refractivity contribution < 1.29 is 4.79 Å². The van der Waals surface area contributed by atoms with Crippen LogP contribution in [0, 0.1) is 0 Å². The zero-order valence-corrected chi connectivity index (χ0v) is 16.1. The van der Waals surface area contributed by atoms with Crippen LogP contribution in [-0.2, 0) is 7.05 Å². The van der Waals surface area contributed by atoms with Crippen molar-refractivity contribution in [3.8, 4) is 0 Å². The van der Waals surface area contributed by atoms with Crippen molar-refractivity contribution in [1.82, 2.24) is 20.0 Å². The van der Waals surface area contributed by atoms with Crippen molar-refractivity contribution in [2.45, 2.75) is 37.8 Å². The molecule has 1 aromatic carbocycles. The van der Waals surface area contributed by atoms with E-state index < -0.39 is 0 Å². The SMILES string of the molecule is Cn1ncc2cc(NC(=O)NC3CCN(C4CCSCC4)CC3)ccc21. The predicted molar refractivity (Wildman–Crippen MR) is 108 cm³/mol. The van der Waals surface area contributed by atoms with Gasteiger partial charge in [-0.2, -0.15) is 16.9 Å². The van der Waals surface area contributed by atoms with Crippen LogP contribution in [-0.4, -0.2) is 57.4 Å². The van der Waals surface area contributed by atoms with Gasteiger partial charge in [0.25, 0.3) is 0 Å². The Labute approximate surface area is 158 Å². The second-order valence-corrected chi connectivity index (χ2v) is 8.52. The van der Waals surface area contributed by atoms with Gasteiger partial charge in [0.15, 0.2) is 0 Å². The Kier molecular flexibility index (Phi) is 5.36. The number of piperidine rings is 1. The van der Waals surface area contributed by atoms with Crippen molar-refractivity contribution in [3.05, 3.63) is 24.4 Å². The van der Waals surface area contributed by atoms with E-state index in [9.17, 15) is 4.79 Å². The molecule has 0 radical (unpaired) electrons. The molecule has 7 heteroatoms. The lowest BCUT2D eigenvalue weighted by Crippen LogP contribution is -2.49. The molecule has 2 aliphatic rings. The Balaban J connectivity index is 1.27. The summed E-state index contributed by atoms with van der Waals surface area (Å²) in [5.74, 6) is 2.60. The molecule has 140 valence electrons. The number of amides is 2. The third-order valence-electron chi connectivity index (χ3n) is 5.58. The molecule has 2 saturated heterocycles. The van der Waals surface area contributed by atoms with Gasteiger partial charge in [-0.15, -0.1) is 0 Å². The summed E-state index contributed by atoms with van der Waals surface area (Å²) in [6.07, 6.45) is 6.54. The van der Waals surface area contributed by atoms with Crippen LogP contribution in [0.1, 0.15) is 25.7 Å². The van der Waals surface area contributed by atoms with Gasteiger partial charge < -0.3 is 15.5 Å². The first kappa shape index (κ1) is 17.7. The van der Waals surface area contributed by atoms with Gasteiger partial charge in [0.2, 0.25) is 0 Å². The molecule has 0 saturated carbocycles. The van der Waals surface area contributed by atoms with E-state index in [0.717, 1.165) is 48.6 Å². The molecule has 3 heterocycles. The fraction of sp³-hybridized carbons (Fsp3) is 0.579. The highest BCUT2D eigenvalue weighted by Gasteiger charge is 2.26. The van der Waals surface area contributed by atoms with Crippen LogP contribution < -0.4 is 10.6 Å². The monoisotopic (exact) mass is 373 g/mol. The summed E-state index contributed by atoms with van der Waals surface area (Å²) < 4.78 is 1.83. The van der Waals surface area contributed by atoms with Gasteiger partial charge in [-0.3, -0.25) is 4.68 Å². The number of carbonyl (C=O) groups excluding carboxylic acids is 1. The highest BCUT2D eigenvalue weighted by molar-refractivity contribution is 7.99. The largest absolute Gasteiger partial charge is 0.335 e. The first-order chi connectivity index (χ1) is 12.7. The molecular weight excluding hydrogens is 346 g/mol. The molecule has 6 nitrogen and oxygen atoms in total. The number of aromatic nitrogens is 2. The number of hydrogen-bond donors (Lipinski definition) is 2. The number of aryl methyl sites for hydroxylation is 1. The van der Waals surface area contributed by atoms with E-state index in [1.807, 2.05) is 36.1 Å². The molecule has 2 aromatic rings. The molecule has 26 heavy (non-hydrogen) atoms. The maximum Gasteiger partial charge on any atom is 0.319 e. The lowest BCUT2D eigenvalue weighted by atomic mass is 10.0. The van der Waals surface area contributed by atoms with Crippen LogP contribution in [0.5, 0.6) is 0 Å². The van der Waals surface area contributed by atoms with Gasteiger partial charge >= 0.3 is 6.03 Å². The standard InChI is InChI=1S/C19H27N5OS/c1-23-18-3-2-16(12-14(18)13-20-23)22-19(25)21-15-4-8-24(9-5-15)17-6-10-26-11-7-17/h2-3,12-13,15,17H,4-11H2,1H3,(H2,21,22,25). The maximum absolute atomic E-state index is 12.3. The molecule has 2 fully saturated rings. The summed E-state index contributed by atoms with van der Waals surface area (Å²) in [4.78, 5) is 15.0. The van der Waals surface area contributed by atoms with Crippen LogP contribution >= 0.6 is 11.8 Å². The summed E-state index contributed by atoms with van der Waals surface area (Å²) in [7, 11) is 1.92. The fourth-order valence-electron chi connectivity index (χ4n) is 4.05. The zero-order chi connectivity index (χ0) is 17.9. The quantitative estimate of drug-likeness (QED) is 0.868. The van der Waals surface area contributed by atoms with Crippen LogP contribution in [0.2, 0.25) is 0 Å². The summed E-state index contributed by atoms with van der Waals surface area (Å²) in [5, 5.41) is 11.4. The molecule has 2 aliphatic heterocycles. The number of nitrogens with zero attached hydrogens (tertiary/aromatic N) is 3. The molecule has 2 N–H and O–H groups in total. The number of anilines is 1. The molecule has 0 atom stereocenters. The van der Waals surface area contributed by atoms with Crippen molar-refractivity contribution in [3.63, 3.8) is 0 Å². The summed E-state index contributed by atoms with van der Waals surface area (Å²) in [6, 6.07) is 6.79. The molecular formula is C19H27N5OS. The Bertz CT molecular complexity index is 762. The molecule has 0 bridgehead atoms. The van der Waals surface area contributed by atoms with E-state index >= 15 is 0 Å². The number of carbonyl (C=O) groups is 1. The number of benzene rings is 1. The van der Waals surface area contributed by atoms with Crippen molar-refractivity contribution >= 4 is 34.4 Å². The Morgan fingerprint density at radius 3 is 2.73 bits per heavy atom. The van der Waals surface area contributed by atoms with Crippen molar-refractivity contribution in [1.29, 1.82) is 0 Å². The molecule has 1 aromatic heterocycles. The van der Waals surface area contributed by atoms with E-state index in [0.29, 0.717) is 0 Å². The lowest BCUT2D eigenvalue weighted by molar-refractivity contribution is 0.138. The molecule has 0 unspecified atom stereocenters. The van der Waals surface area contributed by atoms with Gasteiger partial charge in [0.1, 0.15) is 0 Å².